The summed E-state index contributed by atoms with van der Waals surface area (Å²) in [6.07, 6.45) is -0.847. The van der Waals surface area contributed by atoms with Crippen LogP contribution in [0.5, 0.6) is 0 Å². The second kappa shape index (κ2) is 9.49. The third kappa shape index (κ3) is 6.27. The fourth-order valence-corrected chi connectivity index (χ4v) is 2.62. The summed E-state index contributed by atoms with van der Waals surface area (Å²) in [5.41, 5.74) is 0.637. The fraction of sp³-hybridized carbons (Fsp3) is 0.556. The van der Waals surface area contributed by atoms with Crippen molar-refractivity contribution in [2.24, 2.45) is 5.92 Å². The van der Waals surface area contributed by atoms with E-state index in [1.807, 2.05) is 13.8 Å². The maximum Gasteiger partial charge on any atom is 0.408 e. The molecular formula is C18H25FN2O5. The Morgan fingerprint density at radius 3 is 2.62 bits per heavy atom. The van der Waals surface area contributed by atoms with Gasteiger partial charge in [0.05, 0.1) is 12.6 Å². The largest absolute Gasteiger partial charge is 0.445 e. The number of nitrogens with one attached hydrogen (secondary N) is 2. The van der Waals surface area contributed by atoms with Crippen molar-refractivity contribution in [3.05, 3.63) is 35.6 Å². The molecule has 1 aliphatic heterocycles. The summed E-state index contributed by atoms with van der Waals surface area (Å²) in [6, 6.07) is 4.31. The maximum absolute atomic E-state index is 12.9. The van der Waals surface area contributed by atoms with Gasteiger partial charge in [-0.25, -0.2) is 9.18 Å². The molecule has 144 valence electrons. The van der Waals surface area contributed by atoms with Crippen LogP contribution in [0.15, 0.2) is 24.3 Å². The molecule has 7 nitrogen and oxygen atoms in total. The van der Waals surface area contributed by atoms with Gasteiger partial charge in [-0.2, -0.15) is 0 Å². The van der Waals surface area contributed by atoms with Crippen molar-refractivity contribution in [3.63, 3.8) is 0 Å². The molecule has 0 aromatic heterocycles. The first kappa shape index (κ1) is 20.1. The quantitative estimate of drug-likeness (QED) is 0.681. The van der Waals surface area contributed by atoms with Crippen molar-refractivity contribution >= 4 is 12.0 Å². The first-order chi connectivity index (χ1) is 12.3. The average Bonchev–Trinajstić information content (AvgIpc) is 2.98. The number of alkyl carbamates (subject to hydrolysis) is 1. The van der Waals surface area contributed by atoms with Gasteiger partial charge in [-0.1, -0.05) is 26.0 Å². The number of carbonyl (C=O) groups is 2. The second-order valence-electron chi connectivity index (χ2n) is 6.69. The first-order valence-electron chi connectivity index (χ1n) is 8.63. The Hall–Kier alpha value is -2.19. The summed E-state index contributed by atoms with van der Waals surface area (Å²) in [7, 11) is 0. The number of aliphatic hydroxyl groups is 1. The fourth-order valence-electron chi connectivity index (χ4n) is 2.62. The third-order valence-corrected chi connectivity index (χ3v) is 3.99. The lowest BCUT2D eigenvalue weighted by Crippen LogP contribution is -2.51. The molecule has 0 saturated carbocycles. The van der Waals surface area contributed by atoms with Crippen LogP contribution in [-0.4, -0.2) is 42.1 Å². The molecule has 1 heterocycles. The molecular weight excluding hydrogens is 343 g/mol. The summed E-state index contributed by atoms with van der Waals surface area (Å²) in [6.45, 7) is 4.20. The van der Waals surface area contributed by atoms with E-state index < -0.39 is 30.4 Å². The maximum atomic E-state index is 12.9. The lowest BCUT2D eigenvalue weighted by Gasteiger charge is -2.23. The van der Waals surface area contributed by atoms with Gasteiger partial charge in [0.15, 0.2) is 6.29 Å². The van der Waals surface area contributed by atoms with Crippen molar-refractivity contribution in [1.29, 1.82) is 0 Å². The van der Waals surface area contributed by atoms with Gasteiger partial charge in [0.2, 0.25) is 5.91 Å². The van der Waals surface area contributed by atoms with Crippen LogP contribution in [0.4, 0.5) is 9.18 Å². The Labute approximate surface area is 151 Å². The Kier molecular flexibility index (Phi) is 7.35. The number of carbonyl (C=O) groups excluding carboxylic acids is 2. The molecule has 3 atom stereocenters. The zero-order valence-corrected chi connectivity index (χ0v) is 14.9. The molecule has 1 fully saturated rings. The number of rotatable bonds is 7. The van der Waals surface area contributed by atoms with Gasteiger partial charge in [0.1, 0.15) is 18.5 Å². The van der Waals surface area contributed by atoms with E-state index in [1.165, 1.54) is 24.3 Å². The van der Waals surface area contributed by atoms with Gasteiger partial charge in [0.25, 0.3) is 0 Å². The Balaban J connectivity index is 1.87. The molecule has 0 spiro atoms. The van der Waals surface area contributed by atoms with E-state index in [0.717, 1.165) is 0 Å². The molecule has 3 unspecified atom stereocenters. The van der Waals surface area contributed by atoms with Gasteiger partial charge in [-0.05, 0) is 36.5 Å². The molecule has 3 N–H and O–H groups in total. The summed E-state index contributed by atoms with van der Waals surface area (Å²) < 4.78 is 23.0. The predicted octanol–water partition coefficient (Wildman–Crippen LogP) is 1.69. The lowest BCUT2D eigenvalue weighted by atomic mass is 10.0. The minimum atomic E-state index is -1.04. The van der Waals surface area contributed by atoms with Crippen LogP contribution in [0.3, 0.4) is 0 Å². The van der Waals surface area contributed by atoms with Crippen LogP contribution in [0.1, 0.15) is 32.3 Å². The SMILES string of the molecule is CC(C)CC(NC(=O)OCc1ccc(F)cc1)C(=O)NC1CCOC1O. The highest BCUT2D eigenvalue weighted by atomic mass is 19.1. The number of halogens is 1. The van der Waals surface area contributed by atoms with Crippen molar-refractivity contribution < 1.29 is 28.6 Å². The highest BCUT2D eigenvalue weighted by molar-refractivity contribution is 5.85. The minimum Gasteiger partial charge on any atom is -0.445 e. The van der Waals surface area contributed by atoms with E-state index in [9.17, 15) is 19.1 Å². The normalized spacial score (nSPS) is 20.7. The van der Waals surface area contributed by atoms with Gasteiger partial charge in [0, 0.05) is 0 Å². The van der Waals surface area contributed by atoms with E-state index >= 15 is 0 Å². The molecule has 2 amide bonds. The van der Waals surface area contributed by atoms with E-state index in [4.69, 9.17) is 9.47 Å². The number of ether oxygens (including phenoxy) is 2. The van der Waals surface area contributed by atoms with Crippen molar-refractivity contribution in [3.8, 4) is 0 Å². The predicted molar refractivity (Wildman–Crippen MR) is 91.5 cm³/mol. The smallest absolute Gasteiger partial charge is 0.408 e. The number of benzene rings is 1. The Morgan fingerprint density at radius 2 is 2.04 bits per heavy atom. The van der Waals surface area contributed by atoms with Crippen molar-refractivity contribution in [1.82, 2.24) is 10.6 Å². The van der Waals surface area contributed by atoms with Crippen LogP contribution in [-0.2, 0) is 20.9 Å². The van der Waals surface area contributed by atoms with E-state index in [0.29, 0.717) is 25.0 Å². The number of aliphatic hydroxyl groups excluding tert-OH is 1. The number of amides is 2. The van der Waals surface area contributed by atoms with Gasteiger partial charge >= 0.3 is 6.09 Å². The standard InChI is InChI=1S/C18H25FN2O5/c1-11(2)9-15(16(22)20-14-7-8-25-17(14)23)21-18(24)26-10-12-3-5-13(19)6-4-12/h3-6,11,14-15,17,23H,7-10H2,1-2H3,(H,20,22)(H,21,24). The molecule has 1 aliphatic rings. The van der Waals surface area contributed by atoms with E-state index in [1.54, 1.807) is 0 Å². The average molecular weight is 368 g/mol. The molecule has 0 bridgehead atoms. The molecule has 2 rings (SSSR count). The van der Waals surface area contributed by atoms with Crippen LogP contribution < -0.4 is 10.6 Å². The van der Waals surface area contributed by atoms with Crippen LogP contribution in [0, 0.1) is 11.7 Å². The summed E-state index contributed by atoms with van der Waals surface area (Å²) in [5, 5.41) is 14.9. The highest BCUT2D eigenvalue weighted by Gasteiger charge is 2.31. The van der Waals surface area contributed by atoms with Crippen LogP contribution >= 0.6 is 0 Å². The van der Waals surface area contributed by atoms with E-state index in [-0.39, 0.29) is 18.3 Å². The van der Waals surface area contributed by atoms with Crippen molar-refractivity contribution in [2.75, 3.05) is 6.61 Å². The molecule has 0 radical (unpaired) electrons. The highest BCUT2D eigenvalue weighted by Crippen LogP contribution is 2.12. The summed E-state index contributed by atoms with van der Waals surface area (Å²) in [5.74, 6) is -0.607. The minimum absolute atomic E-state index is 0.0304. The van der Waals surface area contributed by atoms with Crippen LogP contribution in [0.25, 0.3) is 0 Å². The van der Waals surface area contributed by atoms with Crippen molar-refractivity contribution in [2.45, 2.75) is 51.7 Å². The molecule has 1 aromatic rings. The number of hydrogen-bond donors (Lipinski definition) is 3. The Morgan fingerprint density at radius 1 is 1.35 bits per heavy atom. The van der Waals surface area contributed by atoms with Gasteiger partial charge in [-0.15, -0.1) is 0 Å². The summed E-state index contributed by atoms with van der Waals surface area (Å²) >= 11 is 0. The zero-order chi connectivity index (χ0) is 19.1. The topological polar surface area (TPSA) is 96.9 Å². The summed E-state index contributed by atoms with van der Waals surface area (Å²) in [4.78, 5) is 24.5. The van der Waals surface area contributed by atoms with Gasteiger partial charge < -0.3 is 25.2 Å². The molecule has 1 saturated heterocycles. The monoisotopic (exact) mass is 368 g/mol. The molecule has 26 heavy (non-hydrogen) atoms. The van der Waals surface area contributed by atoms with E-state index in [2.05, 4.69) is 10.6 Å². The third-order valence-electron chi connectivity index (χ3n) is 3.99. The zero-order valence-electron chi connectivity index (χ0n) is 14.9. The lowest BCUT2D eigenvalue weighted by molar-refractivity contribution is -0.127. The molecule has 1 aromatic carbocycles. The second-order valence-corrected chi connectivity index (χ2v) is 6.69. The molecule has 0 aliphatic carbocycles. The number of hydrogen-bond acceptors (Lipinski definition) is 5. The van der Waals surface area contributed by atoms with Gasteiger partial charge in [-0.3, -0.25) is 4.79 Å². The molecule has 8 heteroatoms. The first-order valence-corrected chi connectivity index (χ1v) is 8.63. The van der Waals surface area contributed by atoms with Crippen LogP contribution in [0.2, 0.25) is 0 Å². The Bertz CT molecular complexity index is 608.